The van der Waals surface area contributed by atoms with E-state index in [9.17, 15) is 4.79 Å². The first-order valence-corrected chi connectivity index (χ1v) is 8.43. The fraction of sp³-hybridized carbons (Fsp3) is 0.188. The molecule has 2 aromatic heterocycles. The number of benzene rings is 1. The first-order valence-electron chi connectivity index (χ1n) is 7.23. The molecule has 1 aromatic carbocycles. The largest absolute Gasteiger partial charge is 0.461 e. The monoisotopic (exact) mass is 363 g/mol. The van der Waals surface area contributed by atoms with Gasteiger partial charge in [-0.25, -0.2) is 14.8 Å². The van der Waals surface area contributed by atoms with Crippen LogP contribution in [0.4, 0.5) is 5.69 Å². The zero-order valence-electron chi connectivity index (χ0n) is 12.8. The van der Waals surface area contributed by atoms with Crippen LogP contribution in [0.5, 0.6) is 0 Å². The van der Waals surface area contributed by atoms with Crippen LogP contribution in [-0.2, 0) is 11.3 Å². The van der Waals surface area contributed by atoms with Crippen molar-refractivity contribution in [2.45, 2.75) is 13.5 Å². The number of carbonyl (C=O) groups is 1. The molecule has 0 amide bonds. The fourth-order valence-corrected chi connectivity index (χ4v) is 2.99. The summed E-state index contributed by atoms with van der Waals surface area (Å²) in [5.74, 6) is -0.152. The number of halogens is 1. The Morgan fingerprint density at radius 2 is 2.25 bits per heavy atom. The van der Waals surface area contributed by atoms with E-state index in [4.69, 9.17) is 20.8 Å². The molecule has 0 unspecified atom stereocenters. The minimum atomic E-state index is -0.503. The molecule has 0 aliphatic heterocycles. The Balaban J connectivity index is 1.80. The van der Waals surface area contributed by atoms with E-state index in [1.54, 1.807) is 13.1 Å². The Morgan fingerprint density at radius 1 is 1.42 bits per heavy atom. The zero-order valence-corrected chi connectivity index (χ0v) is 14.4. The Bertz CT molecular complexity index is 846. The molecule has 6 nitrogen and oxygen atoms in total. The zero-order chi connectivity index (χ0) is 16.9. The lowest BCUT2D eigenvalue weighted by Crippen LogP contribution is -2.04. The summed E-state index contributed by atoms with van der Waals surface area (Å²) < 4.78 is 10.9. The number of thiazole rings is 1. The van der Waals surface area contributed by atoms with Crippen LogP contribution in [0.2, 0.25) is 4.47 Å². The molecule has 0 bridgehead atoms. The quantitative estimate of drug-likeness (QED) is 0.660. The maximum atomic E-state index is 11.7. The number of carbonyl (C=O) groups excluding carboxylic acids is 1. The standard InChI is InChI=1S/C16H14ClN3O3S/c1-2-22-15(21)13-9-23-14(20-13)11-5-3-4-6-12(11)18-7-10-8-19-16(17)24-10/h3-6,8-9,18H,2,7H2,1H3. The van der Waals surface area contributed by atoms with Crippen LogP contribution in [-0.4, -0.2) is 22.5 Å². The topological polar surface area (TPSA) is 77.2 Å². The van der Waals surface area contributed by atoms with Crippen LogP contribution in [0, 0.1) is 0 Å². The molecule has 0 fully saturated rings. The highest BCUT2D eigenvalue weighted by Crippen LogP contribution is 2.28. The number of anilines is 1. The van der Waals surface area contributed by atoms with E-state index in [2.05, 4.69) is 15.3 Å². The maximum Gasteiger partial charge on any atom is 0.360 e. The number of esters is 1. The van der Waals surface area contributed by atoms with Crippen molar-refractivity contribution in [3.05, 3.63) is 51.8 Å². The normalized spacial score (nSPS) is 10.6. The Morgan fingerprint density at radius 3 is 3.00 bits per heavy atom. The van der Waals surface area contributed by atoms with Crippen molar-refractivity contribution in [2.75, 3.05) is 11.9 Å². The van der Waals surface area contributed by atoms with Crippen molar-refractivity contribution in [3.63, 3.8) is 0 Å². The van der Waals surface area contributed by atoms with Crippen LogP contribution in [0.25, 0.3) is 11.5 Å². The summed E-state index contributed by atoms with van der Waals surface area (Å²) in [7, 11) is 0. The second-order valence-corrected chi connectivity index (χ2v) is 6.43. The van der Waals surface area contributed by atoms with Crippen molar-refractivity contribution in [1.82, 2.24) is 9.97 Å². The predicted octanol–water partition coefficient (Wildman–Crippen LogP) is 4.24. The summed E-state index contributed by atoms with van der Waals surface area (Å²) in [6, 6.07) is 7.55. The minimum Gasteiger partial charge on any atom is -0.461 e. The van der Waals surface area contributed by atoms with Gasteiger partial charge in [0.15, 0.2) is 10.2 Å². The maximum absolute atomic E-state index is 11.7. The minimum absolute atomic E-state index is 0.149. The molecule has 0 spiro atoms. The molecule has 0 saturated carbocycles. The second-order valence-electron chi connectivity index (χ2n) is 4.74. The first-order chi connectivity index (χ1) is 11.7. The van der Waals surface area contributed by atoms with Crippen LogP contribution < -0.4 is 5.32 Å². The number of hydrogen-bond donors (Lipinski definition) is 1. The molecular weight excluding hydrogens is 350 g/mol. The van der Waals surface area contributed by atoms with E-state index >= 15 is 0 Å². The van der Waals surface area contributed by atoms with Crippen LogP contribution in [0.1, 0.15) is 22.3 Å². The number of oxazole rings is 1. The first kappa shape index (κ1) is 16.5. The molecule has 0 radical (unpaired) electrons. The molecule has 24 heavy (non-hydrogen) atoms. The van der Waals surface area contributed by atoms with E-state index in [1.165, 1.54) is 17.6 Å². The number of aromatic nitrogens is 2. The number of para-hydroxylation sites is 1. The van der Waals surface area contributed by atoms with Gasteiger partial charge in [0.1, 0.15) is 6.26 Å². The molecule has 3 rings (SSSR count). The van der Waals surface area contributed by atoms with Gasteiger partial charge in [-0.1, -0.05) is 23.7 Å². The lowest BCUT2D eigenvalue weighted by molar-refractivity contribution is 0.0519. The van der Waals surface area contributed by atoms with Gasteiger partial charge in [0.05, 0.1) is 18.7 Å². The van der Waals surface area contributed by atoms with Crippen molar-refractivity contribution < 1.29 is 13.9 Å². The highest BCUT2D eigenvalue weighted by atomic mass is 35.5. The summed E-state index contributed by atoms with van der Waals surface area (Å²) in [5.41, 5.74) is 1.74. The van der Waals surface area contributed by atoms with Gasteiger partial charge in [0.2, 0.25) is 5.89 Å². The number of rotatable bonds is 6. The molecule has 0 atom stereocenters. The van der Waals surface area contributed by atoms with Crippen molar-refractivity contribution >= 4 is 34.6 Å². The van der Waals surface area contributed by atoms with Crippen LogP contribution in [0.3, 0.4) is 0 Å². The number of hydrogen-bond acceptors (Lipinski definition) is 7. The second kappa shape index (κ2) is 7.46. The molecule has 2 heterocycles. The van der Waals surface area contributed by atoms with E-state index in [0.29, 0.717) is 16.9 Å². The van der Waals surface area contributed by atoms with Gasteiger partial charge in [-0.05, 0) is 19.1 Å². The van der Waals surface area contributed by atoms with Gasteiger partial charge in [-0.3, -0.25) is 0 Å². The van der Waals surface area contributed by atoms with Crippen molar-refractivity contribution in [3.8, 4) is 11.5 Å². The number of nitrogens with zero attached hydrogens (tertiary/aromatic N) is 2. The van der Waals surface area contributed by atoms with Crippen LogP contribution in [0.15, 0.2) is 41.1 Å². The summed E-state index contributed by atoms with van der Waals surface area (Å²) in [6.45, 7) is 2.60. The third-order valence-corrected chi connectivity index (χ3v) is 4.24. The highest BCUT2D eigenvalue weighted by molar-refractivity contribution is 7.15. The molecule has 124 valence electrons. The molecule has 0 saturated heterocycles. The third-order valence-electron chi connectivity index (χ3n) is 3.12. The molecule has 3 aromatic rings. The van der Waals surface area contributed by atoms with E-state index in [1.807, 2.05) is 24.3 Å². The van der Waals surface area contributed by atoms with Gasteiger partial charge in [-0.15, -0.1) is 11.3 Å². The highest BCUT2D eigenvalue weighted by Gasteiger charge is 2.16. The Labute approximate surface area is 147 Å². The Kier molecular flexibility index (Phi) is 5.12. The molecule has 1 N–H and O–H groups in total. The summed E-state index contributed by atoms with van der Waals surface area (Å²) in [6.07, 6.45) is 3.03. The third kappa shape index (κ3) is 3.74. The van der Waals surface area contributed by atoms with E-state index in [-0.39, 0.29) is 12.3 Å². The van der Waals surface area contributed by atoms with E-state index in [0.717, 1.165) is 16.1 Å². The number of nitrogens with one attached hydrogen (secondary N) is 1. The van der Waals surface area contributed by atoms with Crippen molar-refractivity contribution in [2.24, 2.45) is 0 Å². The lowest BCUT2D eigenvalue weighted by atomic mass is 10.1. The fourth-order valence-electron chi connectivity index (χ4n) is 2.07. The lowest BCUT2D eigenvalue weighted by Gasteiger charge is -2.08. The summed E-state index contributed by atoms with van der Waals surface area (Å²) in [4.78, 5) is 20.9. The molecule has 8 heteroatoms. The van der Waals surface area contributed by atoms with Gasteiger partial charge >= 0.3 is 5.97 Å². The van der Waals surface area contributed by atoms with Crippen LogP contribution >= 0.6 is 22.9 Å². The molecular formula is C16H14ClN3O3S. The number of ether oxygens (including phenoxy) is 1. The molecule has 0 aliphatic rings. The Hall–Kier alpha value is -2.38. The van der Waals surface area contributed by atoms with Crippen molar-refractivity contribution in [1.29, 1.82) is 0 Å². The van der Waals surface area contributed by atoms with Gasteiger partial charge < -0.3 is 14.5 Å². The SMILES string of the molecule is CCOC(=O)c1coc(-c2ccccc2NCc2cnc(Cl)s2)n1. The van der Waals surface area contributed by atoms with Gasteiger partial charge in [0, 0.05) is 16.8 Å². The predicted molar refractivity (Wildman–Crippen MR) is 92.3 cm³/mol. The summed E-state index contributed by atoms with van der Waals surface area (Å²) in [5, 5.41) is 3.30. The molecule has 0 aliphatic carbocycles. The van der Waals surface area contributed by atoms with Gasteiger partial charge in [-0.2, -0.15) is 0 Å². The average Bonchev–Trinajstić information content (AvgIpc) is 3.22. The average molecular weight is 364 g/mol. The summed E-state index contributed by atoms with van der Waals surface area (Å²) >= 11 is 7.25. The van der Waals surface area contributed by atoms with Gasteiger partial charge in [0.25, 0.3) is 0 Å². The smallest absolute Gasteiger partial charge is 0.360 e. The van der Waals surface area contributed by atoms with E-state index < -0.39 is 5.97 Å².